The quantitative estimate of drug-likeness (QED) is 0.182. The van der Waals surface area contributed by atoms with Gasteiger partial charge in [0.05, 0.1) is 22.4 Å². The lowest BCUT2D eigenvalue weighted by Gasteiger charge is -2.24. The zero-order valence-electron chi connectivity index (χ0n) is 28.7. The van der Waals surface area contributed by atoms with Gasteiger partial charge in [-0.3, -0.25) is 0 Å². The zero-order valence-corrected chi connectivity index (χ0v) is 28.7. The Bertz CT molecular complexity index is 2620. The third kappa shape index (κ3) is 5.26. The maximum Gasteiger partial charge on any atom is 0.0715 e. The molecule has 1 aliphatic rings. The summed E-state index contributed by atoms with van der Waals surface area (Å²) in [5.41, 5.74) is 16.5. The Morgan fingerprint density at radius 3 is 1.46 bits per heavy atom. The van der Waals surface area contributed by atoms with Crippen molar-refractivity contribution in [2.45, 2.75) is 13.1 Å². The van der Waals surface area contributed by atoms with Crippen molar-refractivity contribution >= 4 is 27.5 Å². The van der Waals surface area contributed by atoms with Gasteiger partial charge in [0.25, 0.3) is 0 Å². The molecule has 0 saturated carbocycles. The molecule has 3 nitrogen and oxygen atoms in total. The largest absolute Gasteiger partial charge is 0.363 e. The highest BCUT2D eigenvalue weighted by Crippen LogP contribution is 2.41. The van der Waals surface area contributed by atoms with E-state index in [1.165, 1.54) is 61.0 Å². The van der Waals surface area contributed by atoms with Crippen LogP contribution in [0.2, 0.25) is 0 Å². The third-order valence-electron chi connectivity index (χ3n) is 10.5. The van der Waals surface area contributed by atoms with Gasteiger partial charge in [0.15, 0.2) is 0 Å². The molecular weight excluding hydrogens is 631 g/mol. The van der Waals surface area contributed by atoms with Gasteiger partial charge in [0.1, 0.15) is 0 Å². The van der Waals surface area contributed by atoms with Gasteiger partial charge in [0.2, 0.25) is 0 Å². The molecule has 0 radical (unpaired) electrons. The average Bonchev–Trinajstić information content (AvgIpc) is 3.46. The Morgan fingerprint density at radius 2 is 0.865 bits per heavy atom. The topological polar surface area (TPSA) is 21.1 Å². The zero-order chi connectivity index (χ0) is 34.4. The van der Waals surface area contributed by atoms with Crippen LogP contribution in [0, 0.1) is 0 Å². The minimum absolute atomic E-state index is 0.819. The predicted molar refractivity (Wildman–Crippen MR) is 217 cm³/mol. The predicted octanol–water partition coefficient (Wildman–Crippen LogP) is 12.4. The average molecular weight is 666 g/mol. The molecule has 2 aromatic heterocycles. The normalized spacial score (nSPS) is 12.4. The SMILES string of the molecule is c1ccc(-c2cc(-c3ccc4c(c3)-c3cc(-n5c6ccccc6c6ccccc65)ccc3CN(c3ccccc3)C4)cc(-c3ccccc3)n2)cc1. The molecular formula is C49H35N3. The van der Waals surface area contributed by atoms with E-state index in [2.05, 4.69) is 198 Å². The number of anilines is 1. The molecule has 52 heavy (non-hydrogen) atoms. The Balaban J connectivity index is 1.18. The van der Waals surface area contributed by atoms with Crippen LogP contribution in [0.3, 0.4) is 0 Å². The highest BCUT2D eigenvalue weighted by Gasteiger charge is 2.23. The van der Waals surface area contributed by atoms with Gasteiger partial charge in [-0.05, 0) is 88.0 Å². The minimum atomic E-state index is 0.819. The van der Waals surface area contributed by atoms with Crippen LogP contribution in [0.1, 0.15) is 11.1 Å². The van der Waals surface area contributed by atoms with Crippen LogP contribution in [0.4, 0.5) is 5.69 Å². The summed E-state index contributed by atoms with van der Waals surface area (Å²) in [6.07, 6.45) is 0. The Kier molecular flexibility index (Phi) is 7.28. The number of benzene rings is 7. The van der Waals surface area contributed by atoms with E-state index in [-0.39, 0.29) is 0 Å². The fourth-order valence-corrected chi connectivity index (χ4v) is 7.94. The van der Waals surface area contributed by atoms with Gasteiger partial charge < -0.3 is 9.47 Å². The molecule has 3 heteroatoms. The fourth-order valence-electron chi connectivity index (χ4n) is 7.94. The molecule has 1 aliphatic heterocycles. The van der Waals surface area contributed by atoms with Crippen molar-refractivity contribution in [3.05, 3.63) is 199 Å². The summed E-state index contributed by atoms with van der Waals surface area (Å²) in [5.74, 6) is 0. The molecule has 9 aromatic rings. The van der Waals surface area contributed by atoms with Gasteiger partial charge in [-0.2, -0.15) is 0 Å². The number of hydrogen-bond acceptors (Lipinski definition) is 2. The molecule has 0 atom stereocenters. The maximum atomic E-state index is 5.16. The second kappa shape index (κ2) is 12.6. The van der Waals surface area contributed by atoms with Crippen LogP contribution in [0.15, 0.2) is 188 Å². The number of hydrogen-bond donors (Lipinski definition) is 0. The van der Waals surface area contributed by atoms with Crippen LogP contribution >= 0.6 is 0 Å². The maximum absolute atomic E-state index is 5.16. The number of rotatable bonds is 5. The first-order valence-corrected chi connectivity index (χ1v) is 17.9. The van der Waals surface area contributed by atoms with E-state index in [1.807, 2.05) is 0 Å². The first-order chi connectivity index (χ1) is 25.8. The summed E-state index contributed by atoms with van der Waals surface area (Å²) in [5, 5.41) is 2.54. The molecule has 0 spiro atoms. The second-order valence-corrected chi connectivity index (χ2v) is 13.6. The van der Waals surface area contributed by atoms with E-state index in [9.17, 15) is 0 Å². The van der Waals surface area contributed by atoms with Gasteiger partial charge in [0, 0.05) is 46.4 Å². The molecule has 10 rings (SSSR count). The lowest BCUT2D eigenvalue weighted by atomic mass is 9.91. The summed E-state index contributed by atoms with van der Waals surface area (Å²) >= 11 is 0. The van der Waals surface area contributed by atoms with Crippen molar-refractivity contribution in [2.24, 2.45) is 0 Å². The molecule has 0 amide bonds. The summed E-state index contributed by atoms with van der Waals surface area (Å²) < 4.78 is 2.43. The Morgan fingerprint density at radius 1 is 0.365 bits per heavy atom. The van der Waals surface area contributed by atoms with Gasteiger partial charge in [-0.15, -0.1) is 0 Å². The molecule has 0 aliphatic carbocycles. The van der Waals surface area contributed by atoms with Crippen molar-refractivity contribution < 1.29 is 0 Å². The number of aromatic nitrogens is 2. The molecule has 3 heterocycles. The monoisotopic (exact) mass is 665 g/mol. The van der Waals surface area contributed by atoms with Gasteiger partial charge in [-0.25, -0.2) is 4.98 Å². The van der Waals surface area contributed by atoms with Crippen molar-refractivity contribution in [3.63, 3.8) is 0 Å². The molecule has 246 valence electrons. The molecule has 7 aromatic carbocycles. The molecule has 0 N–H and O–H groups in total. The van der Waals surface area contributed by atoms with Crippen LogP contribution < -0.4 is 4.90 Å². The van der Waals surface area contributed by atoms with Crippen LogP contribution in [0.5, 0.6) is 0 Å². The van der Waals surface area contributed by atoms with E-state index in [4.69, 9.17) is 4.98 Å². The summed E-state index contributed by atoms with van der Waals surface area (Å²) in [6.45, 7) is 1.64. The van der Waals surface area contributed by atoms with E-state index in [0.717, 1.165) is 41.2 Å². The van der Waals surface area contributed by atoms with E-state index in [1.54, 1.807) is 0 Å². The van der Waals surface area contributed by atoms with Crippen molar-refractivity contribution in [2.75, 3.05) is 4.90 Å². The highest BCUT2D eigenvalue weighted by molar-refractivity contribution is 6.09. The number of para-hydroxylation sites is 3. The Labute approximate surface area is 303 Å². The van der Waals surface area contributed by atoms with Crippen molar-refractivity contribution in [3.8, 4) is 50.5 Å². The second-order valence-electron chi connectivity index (χ2n) is 13.6. The van der Waals surface area contributed by atoms with Crippen molar-refractivity contribution in [1.29, 1.82) is 0 Å². The van der Waals surface area contributed by atoms with Gasteiger partial charge >= 0.3 is 0 Å². The molecule has 0 fully saturated rings. The van der Waals surface area contributed by atoms with E-state index < -0.39 is 0 Å². The summed E-state index contributed by atoms with van der Waals surface area (Å²) in [4.78, 5) is 7.66. The highest BCUT2D eigenvalue weighted by atomic mass is 15.1. The van der Waals surface area contributed by atoms with Crippen molar-refractivity contribution in [1.82, 2.24) is 9.55 Å². The molecule has 0 bridgehead atoms. The summed E-state index contributed by atoms with van der Waals surface area (Å²) in [7, 11) is 0. The number of pyridine rings is 1. The van der Waals surface area contributed by atoms with Crippen LogP contribution in [-0.4, -0.2) is 9.55 Å². The van der Waals surface area contributed by atoms with E-state index >= 15 is 0 Å². The number of nitrogens with zero attached hydrogens (tertiary/aromatic N) is 3. The lowest BCUT2D eigenvalue weighted by Crippen LogP contribution is -2.20. The standard InChI is InChI=1S/C49H35N3/c1-4-14-34(15-5-1)46-29-39(30-47(50-46)35-16-6-2-7-17-35)36-24-25-37-32-51(40-18-8-3-9-19-40)33-38-26-27-41(31-45(38)44(37)28-36)52-48-22-12-10-20-42(48)43-21-11-13-23-49(43)52/h1-31H,32-33H2. The first kappa shape index (κ1) is 30.1. The van der Waals surface area contributed by atoms with Crippen LogP contribution in [0.25, 0.3) is 72.3 Å². The van der Waals surface area contributed by atoms with E-state index in [0.29, 0.717) is 0 Å². The number of fused-ring (bicyclic) bond motifs is 6. The lowest BCUT2D eigenvalue weighted by molar-refractivity contribution is 0.812. The van der Waals surface area contributed by atoms with Gasteiger partial charge in [-0.1, -0.05) is 133 Å². The fraction of sp³-hybridized carbons (Fsp3) is 0.0408. The smallest absolute Gasteiger partial charge is 0.0715 e. The summed E-state index contributed by atoms with van der Waals surface area (Å²) in [6, 6.07) is 67.9. The molecule has 0 unspecified atom stereocenters. The third-order valence-corrected chi connectivity index (χ3v) is 10.5. The first-order valence-electron chi connectivity index (χ1n) is 17.9. The minimum Gasteiger partial charge on any atom is -0.363 e. The Hall–Kier alpha value is -6.71. The molecule has 0 saturated heterocycles. The van der Waals surface area contributed by atoms with Crippen LogP contribution in [-0.2, 0) is 13.1 Å².